The van der Waals surface area contributed by atoms with Gasteiger partial charge in [-0.05, 0) is 50.9 Å². The number of piperidine rings is 1. The number of nitrogens with one attached hydrogen (secondary N) is 1. The van der Waals surface area contributed by atoms with Gasteiger partial charge in [-0.2, -0.15) is 0 Å². The molecular weight excluding hydrogens is 254 g/mol. The van der Waals surface area contributed by atoms with E-state index in [0.29, 0.717) is 5.92 Å². The summed E-state index contributed by atoms with van der Waals surface area (Å²) >= 11 is 0. The molecule has 1 fully saturated rings. The molecule has 1 saturated heterocycles. The summed E-state index contributed by atoms with van der Waals surface area (Å²) in [5, 5.41) is 11.6. The molecule has 1 aromatic rings. The molecule has 5 heteroatoms. The van der Waals surface area contributed by atoms with Gasteiger partial charge in [-0.3, -0.25) is 14.7 Å². The van der Waals surface area contributed by atoms with E-state index in [1.807, 2.05) is 19.1 Å². The third-order valence-electron chi connectivity index (χ3n) is 3.64. The molecule has 1 aromatic heterocycles. The second-order valence-corrected chi connectivity index (χ2v) is 5.54. The Balaban J connectivity index is 1.79. The van der Waals surface area contributed by atoms with Gasteiger partial charge in [0.2, 0.25) is 0 Å². The summed E-state index contributed by atoms with van der Waals surface area (Å²) in [5.74, 6) is -0.255. The van der Waals surface area contributed by atoms with E-state index in [1.165, 1.54) is 12.8 Å². The van der Waals surface area contributed by atoms with Crippen LogP contribution >= 0.6 is 0 Å². The number of aliphatic carboxylic acids is 1. The van der Waals surface area contributed by atoms with Gasteiger partial charge in [-0.1, -0.05) is 6.07 Å². The normalized spacial score (nSPS) is 19.9. The Morgan fingerprint density at radius 3 is 3.15 bits per heavy atom. The van der Waals surface area contributed by atoms with E-state index in [-0.39, 0.29) is 6.54 Å². The number of carboxylic acid groups (broad SMARTS) is 1. The average molecular weight is 277 g/mol. The molecule has 110 valence electrons. The molecule has 0 bridgehead atoms. The number of hydrogen-bond donors (Lipinski definition) is 2. The Morgan fingerprint density at radius 1 is 1.55 bits per heavy atom. The quantitative estimate of drug-likeness (QED) is 0.820. The zero-order chi connectivity index (χ0) is 14.4. The fourth-order valence-electron chi connectivity index (χ4n) is 2.76. The molecule has 20 heavy (non-hydrogen) atoms. The van der Waals surface area contributed by atoms with Crippen LogP contribution in [-0.2, 0) is 11.3 Å². The van der Waals surface area contributed by atoms with E-state index in [1.54, 1.807) is 0 Å². The van der Waals surface area contributed by atoms with Crippen molar-refractivity contribution in [3.05, 3.63) is 29.6 Å². The van der Waals surface area contributed by atoms with Crippen molar-refractivity contribution in [1.82, 2.24) is 15.2 Å². The van der Waals surface area contributed by atoms with Crippen molar-refractivity contribution >= 4 is 5.97 Å². The molecule has 0 amide bonds. The second-order valence-electron chi connectivity index (χ2n) is 5.54. The molecule has 0 spiro atoms. The lowest BCUT2D eigenvalue weighted by Gasteiger charge is -2.32. The summed E-state index contributed by atoms with van der Waals surface area (Å²) in [5.41, 5.74) is 2.17. The maximum atomic E-state index is 10.5. The smallest absolute Gasteiger partial charge is 0.317 e. The van der Waals surface area contributed by atoms with E-state index < -0.39 is 5.97 Å². The summed E-state index contributed by atoms with van der Waals surface area (Å²) in [4.78, 5) is 17.5. The second kappa shape index (κ2) is 7.36. The highest BCUT2D eigenvalue weighted by Gasteiger charge is 2.20. The molecule has 0 aromatic carbocycles. The molecule has 0 aliphatic carbocycles. The van der Waals surface area contributed by atoms with E-state index in [2.05, 4.69) is 21.3 Å². The van der Waals surface area contributed by atoms with Gasteiger partial charge in [0.05, 0.1) is 12.2 Å². The minimum Gasteiger partial charge on any atom is -0.480 e. The van der Waals surface area contributed by atoms with Crippen molar-refractivity contribution in [3.8, 4) is 0 Å². The van der Waals surface area contributed by atoms with Gasteiger partial charge in [0.25, 0.3) is 0 Å². The van der Waals surface area contributed by atoms with Crippen molar-refractivity contribution in [2.24, 2.45) is 5.92 Å². The van der Waals surface area contributed by atoms with Crippen LogP contribution in [0.5, 0.6) is 0 Å². The minimum absolute atomic E-state index is 0.0515. The predicted octanol–water partition coefficient (Wildman–Crippen LogP) is 1.28. The van der Waals surface area contributed by atoms with E-state index >= 15 is 0 Å². The van der Waals surface area contributed by atoms with E-state index in [0.717, 1.165) is 37.6 Å². The minimum atomic E-state index is -0.790. The summed E-state index contributed by atoms with van der Waals surface area (Å²) in [7, 11) is 0. The van der Waals surface area contributed by atoms with Crippen LogP contribution in [0.15, 0.2) is 18.2 Å². The summed E-state index contributed by atoms with van der Waals surface area (Å²) in [6.07, 6.45) is 2.34. The zero-order valence-corrected chi connectivity index (χ0v) is 12.0. The Bertz CT molecular complexity index is 450. The van der Waals surface area contributed by atoms with Crippen LogP contribution < -0.4 is 5.32 Å². The monoisotopic (exact) mass is 277 g/mol. The molecule has 2 heterocycles. The average Bonchev–Trinajstić information content (AvgIpc) is 2.39. The third kappa shape index (κ3) is 4.90. The highest BCUT2D eigenvalue weighted by Crippen LogP contribution is 2.17. The summed E-state index contributed by atoms with van der Waals surface area (Å²) in [6, 6.07) is 6.13. The Kier molecular flexibility index (Phi) is 5.49. The van der Waals surface area contributed by atoms with Crippen LogP contribution in [0.1, 0.15) is 24.2 Å². The van der Waals surface area contributed by atoms with E-state index in [4.69, 9.17) is 5.11 Å². The standard InChI is InChI=1S/C15H23N3O2/c1-12-4-2-6-14(17-12)11-18-7-3-5-13(10-18)8-16-9-15(19)20/h2,4,6,13,16H,3,5,7-11H2,1H3,(H,19,20). The largest absolute Gasteiger partial charge is 0.480 e. The van der Waals surface area contributed by atoms with Gasteiger partial charge in [-0.15, -0.1) is 0 Å². The molecular formula is C15H23N3O2. The summed E-state index contributed by atoms with van der Waals surface area (Å²) in [6.45, 7) is 5.85. The number of aryl methyl sites for hydroxylation is 1. The van der Waals surface area contributed by atoms with Gasteiger partial charge >= 0.3 is 5.97 Å². The number of pyridine rings is 1. The highest BCUT2D eigenvalue weighted by atomic mass is 16.4. The first-order valence-corrected chi connectivity index (χ1v) is 7.21. The van der Waals surface area contributed by atoms with Gasteiger partial charge in [0.1, 0.15) is 0 Å². The molecule has 1 aliphatic heterocycles. The first-order chi connectivity index (χ1) is 9.63. The van der Waals surface area contributed by atoms with Crippen LogP contribution in [-0.4, -0.2) is 47.1 Å². The molecule has 1 unspecified atom stereocenters. The molecule has 2 N–H and O–H groups in total. The number of hydrogen-bond acceptors (Lipinski definition) is 4. The van der Waals surface area contributed by atoms with Crippen LogP contribution in [0, 0.1) is 12.8 Å². The molecule has 1 atom stereocenters. The lowest BCUT2D eigenvalue weighted by atomic mass is 9.98. The fourth-order valence-corrected chi connectivity index (χ4v) is 2.76. The van der Waals surface area contributed by atoms with Crippen LogP contribution in [0.25, 0.3) is 0 Å². The van der Waals surface area contributed by atoms with Crippen LogP contribution in [0.2, 0.25) is 0 Å². The molecule has 5 nitrogen and oxygen atoms in total. The number of aromatic nitrogens is 1. The summed E-state index contributed by atoms with van der Waals surface area (Å²) < 4.78 is 0. The Labute approximate surface area is 120 Å². The maximum absolute atomic E-state index is 10.5. The molecule has 1 aliphatic rings. The van der Waals surface area contributed by atoms with Crippen molar-refractivity contribution < 1.29 is 9.90 Å². The van der Waals surface area contributed by atoms with Crippen molar-refractivity contribution in [2.75, 3.05) is 26.2 Å². The van der Waals surface area contributed by atoms with Gasteiger partial charge < -0.3 is 10.4 Å². The van der Waals surface area contributed by atoms with Gasteiger partial charge in [0, 0.05) is 18.8 Å². The van der Waals surface area contributed by atoms with Gasteiger partial charge in [-0.25, -0.2) is 0 Å². The molecule has 0 saturated carbocycles. The first kappa shape index (κ1) is 14.9. The lowest BCUT2D eigenvalue weighted by Crippen LogP contribution is -2.40. The SMILES string of the molecule is Cc1cccc(CN2CCCC(CNCC(=O)O)C2)n1. The number of likely N-dealkylation sites (tertiary alicyclic amines) is 1. The topological polar surface area (TPSA) is 65.5 Å². The maximum Gasteiger partial charge on any atom is 0.317 e. The molecule has 0 radical (unpaired) electrons. The highest BCUT2D eigenvalue weighted by molar-refractivity contribution is 5.68. The Hall–Kier alpha value is -1.46. The number of nitrogens with zero attached hydrogens (tertiary/aromatic N) is 2. The fraction of sp³-hybridized carbons (Fsp3) is 0.600. The number of carbonyl (C=O) groups is 1. The van der Waals surface area contributed by atoms with E-state index in [9.17, 15) is 4.79 Å². The molecule has 2 rings (SSSR count). The number of rotatable bonds is 6. The van der Waals surface area contributed by atoms with Gasteiger partial charge in [0.15, 0.2) is 0 Å². The first-order valence-electron chi connectivity index (χ1n) is 7.21. The van der Waals surface area contributed by atoms with Crippen molar-refractivity contribution in [1.29, 1.82) is 0 Å². The zero-order valence-electron chi connectivity index (χ0n) is 12.0. The Morgan fingerprint density at radius 2 is 2.40 bits per heavy atom. The van der Waals surface area contributed by atoms with Crippen LogP contribution in [0.4, 0.5) is 0 Å². The van der Waals surface area contributed by atoms with Crippen molar-refractivity contribution in [2.45, 2.75) is 26.3 Å². The predicted molar refractivity (Wildman–Crippen MR) is 77.5 cm³/mol. The van der Waals surface area contributed by atoms with Crippen molar-refractivity contribution in [3.63, 3.8) is 0 Å². The number of carboxylic acids is 1. The third-order valence-corrected chi connectivity index (χ3v) is 3.64. The lowest BCUT2D eigenvalue weighted by molar-refractivity contribution is -0.136. The van der Waals surface area contributed by atoms with Crippen LogP contribution in [0.3, 0.4) is 0 Å².